The summed E-state index contributed by atoms with van der Waals surface area (Å²) in [5, 5.41) is 0. The van der Waals surface area contributed by atoms with E-state index < -0.39 is 0 Å². The third-order valence-corrected chi connectivity index (χ3v) is 4.93. The van der Waals surface area contributed by atoms with Crippen LogP contribution in [0.1, 0.15) is 53.6 Å². The van der Waals surface area contributed by atoms with Crippen LogP contribution in [-0.4, -0.2) is 0 Å². The van der Waals surface area contributed by atoms with Crippen molar-refractivity contribution in [2.45, 2.75) is 45.6 Å². The van der Waals surface area contributed by atoms with E-state index in [-0.39, 0.29) is 6.04 Å². The molecule has 0 saturated heterocycles. The Morgan fingerprint density at radius 2 is 1.60 bits per heavy atom. The van der Waals surface area contributed by atoms with Gasteiger partial charge in [0.1, 0.15) is 0 Å². The van der Waals surface area contributed by atoms with Crippen LogP contribution in [0, 0.1) is 0 Å². The van der Waals surface area contributed by atoms with E-state index in [1.807, 2.05) is 11.3 Å². The quantitative estimate of drug-likeness (QED) is 0.618. The second-order valence-corrected chi connectivity index (χ2v) is 6.72. The fraction of sp³-hybridized carbons (Fsp3) is 0.412. The molecule has 1 heterocycles. The summed E-state index contributed by atoms with van der Waals surface area (Å²) in [6.45, 7) is 6.62. The maximum absolute atomic E-state index is 5.74. The molecule has 2 aromatic rings. The molecule has 3 N–H and O–H groups in total. The summed E-state index contributed by atoms with van der Waals surface area (Å²) in [4.78, 5) is 2.82. The summed E-state index contributed by atoms with van der Waals surface area (Å²) >= 11 is 1.88. The molecule has 1 atom stereocenters. The number of aryl methyl sites for hydroxylation is 1. The van der Waals surface area contributed by atoms with E-state index in [1.54, 1.807) is 0 Å². The highest BCUT2D eigenvalue weighted by atomic mass is 32.1. The van der Waals surface area contributed by atoms with Gasteiger partial charge in [-0.05, 0) is 35.6 Å². The number of hydrazine groups is 1. The Morgan fingerprint density at radius 1 is 1.00 bits per heavy atom. The first-order valence-corrected chi connectivity index (χ1v) is 8.09. The minimum absolute atomic E-state index is 0.180. The molecule has 2 nitrogen and oxygen atoms in total. The summed E-state index contributed by atoms with van der Waals surface area (Å²) in [6.07, 6.45) is 2.05. The maximum atomic E-state index is 5.74. The maximum Gasteiger partial charge on any atom is 0.0508 e. The van der Waals surface area contributed by atoms with E-state index >= 15 is 0 Å². The molecule has 1 unspecified atom stereocenters. The van der Waals surface area contributed by atoms with Crippen molar-refractivity contribution in [2.24, 2.45) is 5.84 Å². The van der Waals surface area contributed by atoms with E-state index in [0.29, 0.717) is 5.92 Å². The van der Waals surface area contributed by atoms with Crippen LogP contribution in [-0.2, 0) is 12.8 Å². The lowest BCUT2D eigenvalue weighted by molar-refractivity contribution is 0.555. The molecular weight excluding hydrogens is 264 g/mol. The number of hydrogen-bond donors (Lipinski definition) is 2. The van der Waals surface area contributed by atoms with Gasteiger partial charge in [0, 0.05) is 16.2 Å². The van der Waals surface area contributed by atoms with Crippen LogP contribution in [0.4, 0.5) is 0 Å². The lowest BCUT2D eigenvalue weighted by Gasteiger charge is -2.16. The molecule has 3 heteroatoms. The Morgan fingerprint density at radius 3 is 2.10 bits per heavy atom. The molecule has 0 fully saturated rings. The van der Waals surface area contributed by atoms with Crippen molar-refractivity contribution >= 4 is 11.3 Å². The van der Waals surface area contributed by atoms with Gasteiger partial charge in [0.05, 0.1) is 6.04 Å². The SMILES string of the molecule is CCc1ccc(CC(NN)c2ccc(C(C)C)cc2)s1. The zero-order chi connectivity index (χ0) is 14.5. The molecule has 20 heavy (non-hydrogen) atoms. The second kappa shape index (κ2) is 7.02. The minimum atomic E-state index is 0.180. The number of hydrogen-bond acceptors (Lipinski definition) is 3. The summed E-state index contributed by atoms with van der Waals surface area (Å²) < 4.78 is 0. The van der Waals surface area contributed by atoms with Gasteiger partial charge in [-0.15, -0.1) is 11.3 Å². The van der Waals surface area contributed by atoms with Gasteiger partial charge in [0.15, 0.2) is 0 Å². The van der Waals surface area contributed by atoms with Gasteiger partial charge >= 0.3 is 0 Å². The fourth-order valence-electron chi connectivity index (χ4n) is 2.31. The summed E-state index contributed by atoms with van der Waals surface area (Å²) in [7, 11) is 0. The van der Waals surface area contributed by atoms with Crippen molar-refractivity contribution in [1.29, 1.82) is 0 Å². The van der Waals surface area contributed by atoms with E-state index in [0.717, 1.165) is 12.8 Å². The van der Waals surface area contributed by atoms with Gasteiger partial charge < -0.3 is 0 Å². The summed E-state index contributed by atoms with van der Waals surface area (Å²) in [5.41, 5.74) is 5.57. The lowest BCUT2D eigenvalue weighted by atomic mass is 9.98. The van der Waals surface area contributed by atoms with Crippen molar-refractivity contribution in [3.63, 3.8) is 0 Å². The highest BCUT2D eigenvalue weighted by Crippen LogP contribution is 2.25. The van der Waals surface area contributed by atoms with E-state index in [9.17, 15) is 0 Å². The molecule has 0 saturated carbocycles. The van der Waals surface area contributed by atoms with Crippen molar-refractivity contribution in [3.8, 4) is 0 Å². The van der Waals surface area contributed by atoms with Gasteiger partial charge in [0.25, 0.3) is 0 Å². The minimum Gasteiger partial charge on any atom is -0.271 e. The summed E-state index contributed by atoms with van der Waals surface area (Å²) in [5.74, 6) is 6.31. The predicted octanol–water partition coefficient (Wildman–Crippen LogP) is 4.18. The highest BCUT2D eigenvalue weighted by molar-refractivity contribution is 7.11. The number of nitrogens with two attached hydrogens (primary N) is 1. The Balaban J connectivity index is 2.11. The Labute approximate surface area is 126 Å². The molecule has 1 aromatic heterocycles. The molecule has 1 aromatic carbocycles. The second-order valence-electron chi connectivity index (χ2n) is 5.47. The number of benzene rings is 1. The van der Waals surface area contributed by atoms with Gasteiger partial charge in [0.2, 0.25) is 0 Å². The molecule has 108 valence electrons. The van der Waals surface area contributed by atoms with E-state index in [2.05, 4.69) is 62.6 Å². The monoisotopic (exact) mass is 288 g/mol. The van der Waals surface area contributed by atoms with E-state index in [4.69, 9.17) is 5.84 Å². The topological polar surface area (TPSA) is 38.0 Å². The third kappa shape index (κ3) is 3.69. The first kappa shape index (κ1) is 15.2. The van der Waals surface area contributed by atoms with Gasteiger partial charge in [-0.25, -0.2) is 0 Å². The van der Waals surface area contributed by atoms with Crippen molar-refractivity contribution in [3.05, 3.63) is 57.3 Å². The Bertz CT molecular complexity index is 528. The van der Waals surface area contributed by atoms with Crippen LogP contribution in [0.25, 0.3) is 0 Å². The fourth-order valence-corrected chi connectivity index (χ4v) is 3.31. The first-order valence-electron chi connectivity index (χ1n) is 7.27. The first-order chi connectivity index (χ1) is 9.63. The Hall–Kier alpha value is -1.16. The van der Waals surface area contributed by atoms with Gasteiger partial charge in [-0.3, -0.25) is 11.3 Å². The van der Waals surface area contributed by atoms with Crippen LogP contribution in [0.2, 0.25) is 0 Å². The van der Waals surface area contributed by atoms with Gasteiger partial charge in [-0.2, -0.15) is 0 Å². The summed E-state index contributed by atoms with van der Waals surface area (Å²) in [6, 6.07) is 13.4. The molecule has 0 spiro atoms. The predicted molar refractivity (Wildman–Crippen MR) is 88.0 cm³/mol. The zero-order valence-corrected chi connectivity index (χ0v) is 13.3. The standard InChI is InChI=1S/C17H24N2S/c1-4-15-9-10-16(20-15)11-17(19-18)14-7-5-13(6-8-14)12(2)3/h5-10,12,17,19H,4,11,18H2,1-3H3. The smallest absolute Gasteiger partial charge is 0.0508 e. The normalized spacial score (nSPS) is 12.8. The zero-order valence-electron chi connectivity index (χ0n) is 12.5. The average Bonchev–Trinajstić information content (AvgIpc) is 2.92. The lowest BCUT2D eigenvalue weighted by Crippen LogP contribution is -2.29. The van der Waals surface area contributed by atoms with Crippen LogP contribution < -0.4 is 11.3 Å². The molecular formula is C17H24N2S. The largest absolute Gasteiger partial charge is 0.271 e. The van der Waals surface area contributed by atoms with Crippen LogP contribution in [0.5, 0.6) is 0 Å². The molecule has 0 aliphatic rings. The van der Waals surface area contributed by atoms with Crippen LogP contribution in [0.15, 0.2) is 36.4 Å². The molecule has 0 aliphatic heterocycles. The van der Waals surface area contributed by atoms with Crippen LogP contribution in [0.3, 0.4) is 0 Å². The molecule has 0 amide bonds. The van der Waals surface area contributed by atoms with Crippen molar-refractivity contribution in [1.82, 2.24) is 5.43 Å². The van der Waals surface area contributed by atoms with Crippen molar-refractivity contribution < 1.29 is 0 Å². The number of nitrogens with one attached hydrogen (secondary N) is 1. The number of rotatable bonds is 6. The average molecular weight is 288 g/mol. The Kier molecular flexibility index (Phi) is 5.35. The third-order valence-electron chi connectivity index (χ3n) is 3.68. The molecule has 0 radical (unpaired) electrons. The van der Waals surface area contributed by atoms with E-state index in [1.165, 1.54) is 20.9 Å². The molecule has 0 bridgehead atoms. The van der Waals surface area contributed by atoms with Gasteiger partial charge in [-0.1, -0.05) is 45.0 Å². The number of thiophene rings is 1. The molecule has 0 aliphatic carbocycles. The van der Waals surface area contributed by atoms with Crippen LogP contribution >= 0.6 is 11.3 Å². The highest BCUT2D eigenvalue weighted by Gasteiger charge is 2.12. The van der Waals surface area contributed by atoms with Crippen molar-refractivity contribution in [2.75, 3.05) is 0 Å². The molecule has 2 rings (SSSR count).